The van der Waals surface area contributed by atoms with Crippen LogP contribution in [0.25, 0.3) is 33.1 Å². The minimum absolute atomic E-state index is 0.244. The molecule has 0 unspecified atom stereocenters. The average Bonchev–Trinajstić information content (AvgIpc) is 2.99. The van der Waals surface area contributed by atoms with Crippen LogP contribution in [0.2, 0.25) is 0 Å². The summed E-state index contributed by atoms with van der Waals surface area (Å²) in [5.74, 6) is 0.244. The molecule has 4 heteroatoms. The van der Waals surface area contributed by atoms with E-state index in [4.69, 9.17) is 4.98 Å². The number of phenolic OH excluding ortho intramolecular Hbond substituents is 1. The minimum atomic E-state index is 0.244. The molecule has 0 spiro atoms. The first-order valence-corrected chi connectivity index (χ1v) is 8.76. The van der Waals surface area contributed by atoms with Gasteiger partial charge in [0.1, 0.15) is 10.8 Å². The maximum atomic E-state index is 9.54. The van der Waals surface area contributed by atoms with Crippen molar-refractivity contribution in [2.24, 2.45) is 0 Å². The van der Waals surface area contributed by atoms with E-state index in [2.05, 4.69) is 40.2 Å². The van der Waals surface area contributed by atoms with E-state index in [0.717, 1.165) is 16.1 Å². The summed E-state index contributed by atoms with van der Waals surface area (Å²) in [5.41, 5.74) is 2.07. The number of thiazole rings is 1. The van der Waals surface area contributed by atoms with Gasteiger partial charge >= 0.3 is 0 Å². The molecular formula is C19H12BrNOS. The molecule has 0 bridgehead atoms. The Labute approximate surface area is 145 Å². The molecule has 0 saturated heterocycles. The lowest BCUT2D eigenvalue weighted by atomic mass is 10.1. The lowest BCUT2D eigenvalue weighted by Crippen LogP contribution is -1.76. The summed E-state index contributed by atoms with van der Waals surface area (Å²) in [4.78, 5) is 4.77. The highest BCUT2D eigenvalue weighted by atomic mass is 79.9. The van der Waals surface area contributed by atoms with E-state index < -0.39 is 0 Å². The molecular weight excluding hydrogens is 370 g/mol. The van der Waals surface area contributed by atoms with Gasteiger partial charge in [0.25, 0.3) is 0 Å². The summed E-state index contributed by atoms with van der Waals surface area (Å²) in [6.07, 6.45) is 4.02. The molecule has 0 aliphatic heterocycles. The fourth-order valence-corrected chi connectivity index (χ4v) is 3.83. The van der Waals surface area contributed by atoms with Gasteiger partial charge in [0.15, 0.2) is 0 Å². The van der Waals surface area contributed by atoms with Gasteiger partial charge in [-0.25, -0.2) is 4.98 Å². The number of benzene rings is 3. The molecule has 1 aromatic heterocycles. The van der Waals surface area contributed by atoms with Crippen molar-refractivity contribution in [1.29, 1.82) is 0 Å². The summed E-state index contributed by atoms with van der Waals surface area (Å²) in [6.45, 7) is 0. The van der Waals surface area contributed by atoms with Crippen LogP contribution in [0.15, 0.2) is 59.1 Å². The van der Waals surface area contributed by atoms with Gasteiger partial charge in [-0.2, -0.15) is 0 Å². The summed E-state index contributed by atoms with van der Waals surface area (Å²) >= 11 is 5.01. The largest absolute Gasteiger partial charge is 0.507 e. The van der Waals surface area contributed by atoms with Crippen LogP contribution in [0.4, 0.5) is 0 Å². The standard InChI is InChI=1S/C19H12BrNOS/c20-15-11-12(5-8-16(15)22)6-10-18-21-19-14-4-2-1-3-13(14)7-9-17(19)23-18/h1-11,22H/b10-6+. The zero-order valence-corrected chi connectivity index (χ0v) is 14.4. The van der Waals surface area contributed by atoms with Crippen molar-refractivity contribution in [1.82, 2.24) is 4.98 Å². The number of aromatic nitrogens is 1. The second kappa shape index (κ2) is 5.80. The van der Waals surface area contributed by atoms with Crippen LogP contribution in [0.5, 0.6) is 5.75 Å². The molecule has 0 amide bonds. The highest BCUT2D eigenvalue weighted by molar-refractivity contribution is 9.10. The first-order chi connectivity index (χ1) is 11.2. The number of aromatic hydroxyl groups is 1. The van der Waals surface area contributed by atoms with Crippen molar-refractivity contribution in [2.45, 2.75) is 0 Å². The number of hydrogen-bond acceptors (Lipinski definition) is 3. The second-order valence-electron chi connectivity index (χ2n) is 5.23. The highest BCUT2D eigenvalue weighted by Crippen LogP contribution is 2.30. The van der Waals surface area contributed by atoms with E-state index in [1.165, 1.54) is 15.5 Å². The lowest BCUT2D eigenvalue weighted by Gasteiger charge is -1.97. The molecule has 0 radical (unpaired) electrons. The van der Waals surface area contributed by atoms with Crippen LogP contribution < -0.4 is 0 Å². The summed E-state index contributed by atoms with van der Waals surface area (Å²) in [5, 5.41) is 12.9. The van der Waals surface area contributed by atoms with Crippen LogP contribution in [-0.2, 0) is 0 Å². The van der Waals surface area contributed by atoms with Gasteiger partial charge in [0, 0.05) is 5.39 Å². The maximum Gasteiger partial charge on any atom is 0.129 e. The SMILES string of the molecule is Oc1ccc(/C=C/c2nc3c(ccc4ccccc43)s2)cc1Br. The molecule has 0 aliphatic rings. The molecule has 4 rings (SSSR count). The van der Waals surface area contributed by atoms with Crippen molar-refractivity contribution < 1.29 is 5.11 Å². The first-order valence-electron chi connectivity index (χ1n) is 7.15. The monoisotopic (exact) mass is 381 g/mol. The van der Waals surface area contributed by atoms with Crippen molar-refractivity contribution in [2.75, 3.05) is 0 Å². The lowest BCUT2D eigenvalue weighted by molar-refractivity contribution is 0.472. The Kier molecular flexibility index (Phi) is 3.63. The number of rotatable bonds is 2. The van der Waals surface area contributed by atoms with Gasteiger partial charge in [0.05, 0.1) is 14.7 Å². The van der Waals surface area contributed by atoms with Crippen molar-refractivity contribution in [3.05, 3.63) is 69.6 Å². The van der Waals surface area contributed by atoms with Gasteiger partial charge in [-0.3, -0.25) is 0 Å². The molecule has 0 fully saturated rings. The van der Waals surface area contributed by atoms with E-state index in [9.17, 15) is 5.11 Å². The molecule has 112 valence electrons. The highest BCUT2D eigenvalue weighted by Gasteiger charge is 2.05. The third kappa shape index (κ3) is 2.76. The zero-order valence-electron chi connectivity index (χ0n) is 12.0. The number of halogens is 1. The molecule has 0 saturated carbocycles. The minimum Gasteiger partial charge on any atom is -0.507 e. The predicted octanol–water partition coefficient (Wildman–Crippen LogP) is 6.09. The predicted molar refractivity (Wildman–Crippen MR) is 102 cm³/mol. The molecule has 2 nitrogen and oxygen atoms in total. The molecule has 0 aliphatic carbocycles. The Balaban J connectivity index is 1.75. The van der Waals surface area contributed by atoms with Gasteiger partial charge in [-0.1, -0.05) is 42.5 Å². The average molecular weight is 382 g/mol. The Morgan fingerprint density at radius 2 is 1.87 bits per heavy atom. The Bertz CT molecular complexity index is 1050. The number of phenols is 1. The van der Waals surface area contributed by atoms with E-state index in [-0.39, 0.29) is 5.75 Å². The molecule has 1 N–H and O–H groups in total. The van der Waals surface area contributed by atoms with Crippen LogP contribution in [0.3, 0.4) is 0 Å². The maximum absolute atomic E-state index is 9.54. The Morgan fingerprint density at radius 3 is 2.74 bits per heavy atom. The first kappa shape index (κ1) is 14.4. The van der Waals surface area contributed by atoms with Crippen LogP contribution >= 0.6 is 27.3 Å². The van der Waals surface area contributed by atoms with Crippen molar-refractivity contribution in [3.63, 3.8) is 0 Å². The van der Waals surface area contributed by atoms with Gasteiger partial charge in [0.2, 0.25) is 0 Å². The molecule has 23 heavy (non-hydrogen) atoms. The van der Waals surface area contributed by atoms with Crippen LogP contribution in [-0.4, -0.2) is 10.1 Å². The third-order valence-electron chi connectivity index (χ3n) is 3.69. The van der Waals surface area contributed by atoms with E-state index in [1.54, 1.807) is 17.4 Å². The summed E-state index contributed by atoms with van der Waals surface area (Å²) in [7, 11) is 0. The fraction of sp³-hybridized carbons (Fsp3) is 0. The number of nitrogens with zero attached hydrogens (tertiary/aromatic N) is 1. The number of hydrogen-bond donors (Lipinski definition) is 1. The third-order valence-corrected chi connectivity index (χ3v) is 5.31. The zero-order chi connectivity index (χ0) is 15.8. The van der Waals surface area contributed by atoms with Crippen molar-refractivity contribution >= 4 is 60.4 Å². The van der Waals surface area contributed by atoms with Gasteiger partial charge in [-0.15, -0.1) is 11.3 Å². The molecule has 4 aromatic rings. The Hall–Kier alpha value is -2.17. The van der Waals surface area contributed by atoms with E-state index in [1.807, 2.05) is 36.4 Å². The van der Waals surface area contributed by atoms with Gasteiger partial charge in [-0.05, 0) is 51.2 Å². The van der Waals surface area contributed by atoms with Crippen molar-refractivity contribution in [3.8, 4) is 5.75 Å². The molecule has 3 aromatic carbocycles. The van der Waals surface area contributed by atoms with E-state index >= 15 is 0 Å². The van der Waals surface area contributed by atoms with Gasteiger partial charge < -0.3 is 5.11 Å². The fourth-order valence-electron chi connectivity index (χ4n) is 2.54. The molecule has 1 heterocycles. The molecule has 0 atom stereocenters. The van der Waals surface area contributed by atoms with Crippen LogP contribution in [0, 0.1) is 0 Å². The topological polar surface area (TPSA) is 33.1 Å². The summed E-state index contributed by atoms with van der Waals surface area (Å²) < 4.78 is 1.88. The quantitative estimate of drug-likeness (QED) is 0.455. The van der Waals surface area contributed by atoms with Crippen LogP contribution in [0.1, 0.15) is 10.6 Å². The Morgan fingerprint density at radius 1 is 1.00 bits per heavy atom. The summed E-state index contributed by atoms with van der Waals surface area (Å²) in [6, 6.07) is 18.0. The second-order valence-corrected chi connectivity index (χ2v) is 7.15. The van der Waals surface area contributed by atoms with E-state index in [0.29, 0.717) is 4.47 Å². The number of fused-ring (bicyclic) bond motifs is 3. The smallest absolute Gasteiger partial charge is 0.129 e. The normalized spacial score (nSPS) is 11.7.